The second-order valence-electron chi connectivity index (χ2n) is 8.16. The van der Waals surface area contributed by atoms with Crippen molar-refractivity contribution in [3.05, 3.63) is 59.8 Å². The molecule has 1 amide bonds. The molecule has 4 rings (SSSR count). The van der Waals surface area contributed by atoms with Crippen LogP contribution >= 0.6 is 0 Å². The monoisotopic (exact) mass is 405 g/mol. The van der Waals surface area contributed by atoms with Gasteiger partial charge in [0, 0.05) is 61.5 Å². The molecule has 2 aliphatic heterocycles. The molecule has 2 aliphatic rings. The third-order valence-corrected chi connectivity index (χ3v) is 5.88. The maximum atomic E-state index is 12.3. The lowest BCUT2D eigenvalue weighted by Crippen LogP contribution is -2.44. The largest absolute Gasteiger partial charge is 0.385 e. The number of benzene rings is 2. The molecule has 30 heavy (non-hydrogen) atoms. The number of hydrogen-bond acceptors (Lipinski definition) is 5. The first kappa shape index (κ1) is 20.4. The fourth-order valence-corrected chi connectivity index (χ4v) is 4.02. The Labute approximate surface area is 178 Å². The summed E-state index contributed by atoms with van der Waals surface area (Å²) < 4.78 is 0. The summed E-state index contributed by atoms with van der Waals surface area (Å²) in [5.74, 6) is -0.0644. The maximum absolute atomic E-state index is 12.3. The van der Waals surface area contributed by atoms with Crippen molar-refractivity contribution in [1.29, 1.82) is 0 Å². The summed E-state index contributed by atoms with van der Waals surface area (Å²) >= 11 is 0. The number of hydrogen-bond donors (Lipinski definition) is 3. The van der Waals surface area contributed by atoms with E-state index < -0.39 is 0 Å². The zero-order chi connectivity index (χ0) is 20.9. The molecule has 0 aliphatic carbocycles. The number of amides is 1. The number of nitrogens with zero attached hydrogens (tertiary/aromatic N) is 2. The first-order chi connectivity index (χ1) is 14.6. The Balaban J connectivity index is 1.26. The minimum Gasteiger partial charge on any atom is -0.385 e. The molecule has 6 heteroatoms. The van der Waals surface area contributed by atoms with Crippen LogP contribution in [-0.2, 0) is 4.79 Å². The maximum Gasteiger partial charge on any atom is 0.257 e. The summed E-state index contributed by atoms with van der Waals surface area (Å²) in [4.78, 5) is 17.2. The van der Waals surface area contributed by atoms with Crippen LogP contribution in [0.1, 0.15) is 17.5 Å². The van der Waals surface area contributed by atoms with Crippen LogP contribution in [0, 0.1) is 6.92 Å². The van der Waals surface area contributed by atoms with Crippen molar-refractivity contribution in [3.63, 3.8) is 0 Å². The van der Waals surface area contributed by atoms with Crippen molar-refractivity contribution in [2.45, 2.75) is 13.3 Å². The minimum atomic E-state index is -0.0644. The lowest BCUT2D eigenvalue weighted by molar-refractivity contribution is -0.110. The van der Waals surface area contributed by atoms with Gasteiger partial charge in [0.15, 0.2) is 0 Å². The van der Waals surface area contributed by atoms with E-state index in [-0.39, 0.29) is 5.91 Å². The predicted octanol–water partition coefficient (Wildman–Crippen LogP) is 3.45. The van der Waals surface area contributed by atoms with Crippen LogP contribution in [0.2, 0.25) is 0 Å². The molecule has 0 bridgehead atoms. The van der Waals surface area contributed by atoms with Gasteiger partial charge in [0.1, 0.15) is 0 Å². The molecule has 2 aromatic rings. The molecular formula is C24H31N5O. The van der Waals surface area contributed by atoms with Crippen LogP contribution < -0.4 is 16.0 Å². The van der Waals surface area contributed by atoms with E-state index in [1.54, 1.807) is 6.20 Å². The van der Waals surface area contributed by atoms with Crippen molar-refractivity contribution in [1.82, 2.24) is 9.80 Å². The van der Waals surface area contributed by atoms with Gasteiger partial charge in [0.25, 0.3) is 5.91 Å². The predicted molar refractivity (Wildman–Crippen MR) is 125 cm³/mol. The molecule has 0 spiro atoms. The number of anilines is 3. The number of likely N-dealkylation sites (N-methyl/N-ethyl adjacent to an activating group) is 1. The number of carbonyl (C=O) groups excluding carboxylic acids is 1. The number of aryl methyl sites for hydroxylation is 1. The number of carbonyl (C=O) groups is 1. The second kappa shape index (κ2) is 9.32. The first-order valence-corrected chi connectivity index (χ1v) is 10.7. The van der Waals surface area contributed by atoms with Crippen LogP contribution in [0.5, 0.6) is 0 Å². The SMILES string of the molecule is Cc1cccc2c1/C(=C/Nc1ccc(NCCCN3CCN(C)CC3)cc1)C(=O)N2. The Kier molecular flexibility index (Phi) is 6.35. The molecule has 0 radical (unpaired) electrons. The van der Waals surface area contributed by atoms with Crippen molar-refractivity contribution >= 4 is 28.5 Å². The van der Waals surface area contributed by atoms with Gasteiger partial charge in [0.2, 0.25) is 0 Å². The van der Waals surface area contributed by atoms with Gasteiger partial charge in [-0.25, -0.2) is 0 Å². The van der Waals surface area contributed by atoms with E-state index >= 15 is 0 Å². The molecule has 1 saturated heterocycles. The van der Waals surface area contributed by atoms with Crippen molar-refractivity contribution in [2.75, 3.05) is 62.3 Å². The highest BCUT2D eigenvalue weighted by Gasteiger charge is 2.25. The number of nitrogens with one attached hydrogen (secondary N) is 3. The average molecular weight is 406 g/mol. The Morgan fingerprint density at radius 1 is 1.03 bits per heavy atom. The Morgan fingerprint density at radius 3 is 2.53 bits per heavy atom. The van der Waals surface area contributed by atoms with Gasteiger partial charge in [-0.05, 0) is 62.8 Å². The summed E-state index contributed by atoms with van der Waals surface area (Å²) in [6, 6.07) is 14.1. The van der Waals surface area contributed by atoms with Gasteiger partial charge in [-0.1, -0.05) is 12.1 Å². The molecule has 0 aromatic heterocycles. The van der Waals surface area contributed by atoms with Crippen molar-refractivity contribution in [3.8, 4) is 0 Å². The highest BCUT2D eigenvalue weighted by molar-refractivity contribution is 6.32. The Morgan fingerprint density at radius 2 is 1.77 bits per heavy atom. The van der Waals surface area contributed by atoms with Crippen LogP contribution in [0.25, 0.3) is 5.57 Å². The van der Waals surface area contributed by atoms with E-state index in [0.29, 0.717) is 5.57 Å². The van der Waals surface area contributed by atoms with Gasteiger partial charge in [-0.2, -0.15) is 0 Å². The third-order valence-electron chi connectivity index (χ3n) is 5.88. The van der Waals surface area contributed by atoms with Crippen LogP contribution in [0.3, 0.4) is 0 Å². The molecule has 6 nitrogen and oxygen atoms in total. The molecule has 3 N–H and O–H groups in total. The molecule has 1 fully saturated rings. The van der Waals surface area contributed by atoms with Crippen LogP contribution in [-0.4, -0.2) is 62.0 Å². The normalized spacial score (nSPS) is 18.3. The zero-order valence-electron chi connectivity index (χ0n) is 17.9. The number of fused-ring (bicyclic) bond motifs is 1. The van der Waals surface area contributed by atoms with Gasteiger partial charge < -0.3 is 25.8 Å². The van der Waals surface area contributed by atoms with Crippen molar-refractivity contribution < 1.29 is 4.79 Å². The number of rotatable bonds is 7. The topological polar surface area (TPSA) is 59.6 Å². The van der Waals surface area contributed by atoms with E-state index in [9.17, 15) is 4.79 Å². The molecule has 158 valence electrons. The highest BCUT2D eigenvalue weighted by Crippen LogP contribution is 2.34. The van der Waals surface area contributed by atoms with Crippen LogP contribution in [0.4, 0.5) is 17.1 Å². The fraction of sp³-hybridized carbons (Fsp3) is 0.375. The van der Waals surface area contributed by atoms with E-state index in [1.807, 2.05) is 37.3 Å². The van der Waals surface area contributed by atoms with E-state index in [4.69, 9.17) is 0 Å². The molecular weight excluding hydrogens is 374 g/mol. The van der Waals surface area contributed by atoms with Gasteiger partial charge >= 0.3 is 0 Å². The summed E-state index contributed by atoms with van der Waals surface area (Å²) in [6.07, 6.45) is 2.94. The standard InChI is InChI=1S/C24H31N5O/c1-18-5-3-6-22-23(18)21(24(30)27-22)17-26-20-9-7-19(8-10-20)25-11-4-12-29-15-13-28(2)14-16-29/h3,5-10,17,25-26H,4,11-16H2,1-2H3,(H,27,30)/b21-17-. The molecule has 0 atom stereocenters. The lowest BCUT2D eigenvalue weighted by Gasteiger charge is -2.32. The summed E-state index contributed by atoms with van der Waals surface area (Å²) in [5.41, 5.74) is 5.70. The van der Waals surface area contributed by atoms with E-state index in [0.717, 1.165) is 47.7 Å². The quantitative estimate of drug-likeness (QED) is 0.487. The Hall–Kier alpha value is -2.83. The summed E-state index contributed by atoms with van der Waals surface area (Å²) in [5, 5.41) is 9.69. The molecule has 2 aromatic carbocycles. The minimum absolute atomic E-state index is 0.0644. The third kappa shape index (κ3) is 4.83. The smallest absolute Gasteiger partial charge is 0.257 e. The fourth-order valence-electron chi connectivity index (χ4n) is 4.02. The van der Waals surface area contributed by atoms with Gasteiger partial charge in [-0.15, -0.1) is 0 Å². The summed E-state index contributed by atoms with van der Waals surface area (Å²) in [7, 11) is 2.19. The highest BCUT2D eigenvalue weighted by atomic mass is 16.2. The van der Waals surface area contributed by atoms with Crippen molar-refractivity contribution in [2.24, 2.45) is 0 Å². The average Bonchev–Trinajstić information content (AvgIpc) is 3.08. The first-order valence-electron chi connectivity index (χ1n) is 10.7. The van der Waals surface area contributed by atoms with Gasteiger partial charge in [0.05, 0.1) is 5.57 Å². The number of piperazine rings is 1. The van der Waals surface area contributed by atoms with Gasteiger partial charge in [-0.3, -0.25) is 4.79 Å². The lowest BCUT2D eigenvalue weighted by atomic mass is 10.0. The molecule has 0 unspecified atom stereocenters. The summed E-state index contributed by atoms with van der Waals surface area (Å²) in [6.45, 7) is 8.84. The van der Waals surface area contributed by atoms with Crippen LogP contribution in [0.15, 0.2) is 48.7 Å². The van der Waals surface area contributed by atoms with E-state index in [2.05, 4.69) is 44.9 Å². The molecule has 0 saturated carbocycles. The molecule has 2 heterocycles. The second-order valence-corrected chi connectivity index (χ2v) is 8.16. The Bertz CT molecular complexity index is 914. The zero-order valence-corrected chi connectivity index (χ0v) is 17.9. The van der Waals surface area contributed by atoms with E-state index in [1.165, 1.54) is 26.2 Å².